The highest BCUT2D eigenvalue weighted by atomic mass is 16.6. The molecule has 0 unspecified atom stereocenters. The van der Waals surface area contributed by atoms with Gasteiger partial charge < -0.3 is 24.6 Å². The fraction of sp³-hybridized carbons (Fsp3) is 0.450. The van der Waals surface area contributed by atoms with Crippen LogP contribution in [0.3, 0.4) is 0 Å². The number of ether oxygens (including phenoxy) is 2. The zero-order valence-corrected chi connectivity index (χ0v) is 16.6. The Morgan fingerprint density at radius 2 is 1.93 bits per heavy atom. The Kier molecular flexibility index (Phi) is 6.52. The summed E-state index contributed by atoms with van der Waals surface area (Å²) in [4.78, 5) is 24.7. The molecule has 1 aromatic heterocycles. The van der Waals surface area contributed by atoms with Gasteiger partial charge >= 0.3 is 6.09 Å². The molecular formula is C20H27N5O3. The molecular weight excluding hydrogens is 358 g/mol. The van der Waals surface area contributed by atoms with Gasteiger partial charge in [0.15, 0.2) is 0 Å². The molecule has 0 radical (unpaired) electrons. The predicted octanol–water partition coefficient (Wildman–Crippen LogP) is 3.29. The van der Waals surface area contributed by atoms with Crippen LogP contribution in [0.25, 0.3) is 0 Å². The molecule has 0 saturated carbocycles. The molecule has 28 heavy (non-hydrogen) atoms. The Morgan fingerprint density at radius 3 is 2.64 bits per heavy atom. The number of para-hydroxylation sites is 2. The monoisotopic (exact) mass is 385 g/mol. The molecule has 0 spiro atoms. The van der Waals surface area contributed by atoms with Gasteiger partial charge in [-0.1, -0.05) is 12.1 Å². The fourth-order valence-corrected chi connectivity index (χ4v) is 2.97. The molecule has 0 aliphatic carbocycles. The van der Waals surface area contributed by atoms with Crippen LogP contribution in [0.4, 0.5) is 22.2 Å². The van der Waals surface area contributed by atoms with Crippen LogP contribution >= 0.6 is 0 Å². The van der Waals surface area contributed by atoms with E-state index in [0.717, 1.165) is 17.3 Å². The number of nitrogens with zero attached hydrogens (tertiary/aromatic N) is 4. The third kappa shape index (κ3) is 5.03. The largest absolute Gasteiger partial charge is 0.489 e. The molecule has 8 heteroatoms. The van der Waals surface area contributed by atoms with Gasteiger partial charge in [-0.15, -0.1) is 0 Å². The molecule has 1 aliphatic rings. The fourth-order valence-electron chi connectivity index (χ4n) is 2.97. The van der Waals surface area contributed by atoms with Crippen LogP contribution in [-0.2, 0) is 4.74 Å². The summed E-state index contributed by atoms with van der Waals surface area (Å²) in [6.45, 7) is 8.79. The summed E-state index contributed by atoms with van der Waals surface area (Å²) in [5.74, 6) is 2.09. The molecule has 1 aromatic carbocycles. The van der Waals surface area contributed by atoms with Crippen molar-refractivity contribution in [1.29, 1.82) is 0 Å². The first-order valence-electron chi connectivity index (χ1n) is 9.59. The minimum Gasteiger partial charge on any atom is -0.489 e. The quantitative estimate of drug-likeness (QED) is 0.817. The molecule has 1 fully saturated rings. The first-order valence-corrected chi connectivity index (χ1v) is 9.59. The highest BCUT2D eigenvalue weighted by Gasteiger charge is 2.23. The van der Waals surface area contributed by atoms with Crippen molar-refractivity contribution in [3.8, 4) is 5.75 Å². The molecule has 0 bridgehead atoms. The van der Waals surface area contributed by atoms with Crippen molar-refractivity contribution in [1.82, 2.24) is 14.9 Å². The molecule has 1 aliphatic heterocycles. The van der Waals surface area contributed by atoms with Gasteiger partial charge in [0.05, 0.1) is 18.4 Å². The van der Waals surface area contributed by atoms with Crippen LogP contribution in [0.2, 0.25) is 0 Å². The van der Waals surface area contributed by atoms with E-state index in [2.05, 4.69) is 20.2 Å². The number of benzene rings is 1. The van der Waals surface area contributed by atoms with Crippen molar-refractivity contribution in [3.63, 3.8) is 0 Å². The maximum Gasteiger partial charge on any atom is 0.409 e. The zero-order valence-electron chi connectivity index (χ0n) is 16.6. The smallest absolute Gasteiger partial charge is 0.409 e. The number of aromatic nitrogens is 2. The number of anilines is 3. The lowest BCUT2D eigenvalue weighted by atomic mass is 10.3. The summed E-state index contributed by atoms with van der Waals surface area (Å²) in [7, 11) is 0. The molecule has 2 aromatic rings. The standard InChI is InChI=1S/C20H27N5O3/c1-4-27-20(26)25-13-11-24(12-14-25)18-9-10-21-19(23-18)22-16-7-5-6-8-17(16)28-15(2)3/h5-10,15H,4,11-14H2,1-3H3,(H,21,22,23). The molecule has 8 nitrogen and oxygen atoms in total. The van der Waals surface area contributed by atoms with E-state index in [4.69, 9.17) is 9.47 Å². The normalized spacial score (nSPS) is 14.1. The van der Waals surface area contributed by atoms with E-state index in [-0.39, 0.29) is 12.2 Å². The third-order valence-electron chi connectivity index (χ3n) is 4.27. The second kappa shape index (κ2) is 9.25. The number of piperazine rings is 1. The number of hydrogen-bond acceptors (Lipinski definition) is 7. The molecule has 150 valence electrons. The summed E-state index contributed by atoms with van der Waals surface area (Å²) >= 11 is 0. The van der Waals surface area contributed by atoms with Gasteiger partial charge in [0.1, 0.15) is 11.6 Å². The summed E-state index contributed by atoms with van der Waals surface area (Å²) in [5.41, 5.74) is 0.820. The summed E-state index contributed by atoms with van der Waals surface area (Å²) < 4.78 is 10.9. The SMILES string of the molecule is CCOC(=O)N1CCN(c2ccnc(Nc3ccccc3OC(C)C)n2)CC1. The zero-order chi connectivity index (χ0) is 19.9. The van der Waals surface area contributed by atoms with Crippen LogP contribution in [0.5, 0.6) is 5.75 Å². The van der Waals surface area contributed by atoms with Crippen LogP contribution in [0.15, 0.2) is 36.5 Å². The van der Waals surface area contributed by atoms with Crippen LogP contribution in [0, 0.1) is 0 Å². The Labute approximate surface area is 165 Å². The van der Waals surface area contributed by atoms with Gasteiger partial charge in [0.2, 0.25) is 5.95 Å². The average Bonchev–Trinajstić information content (AvgIpc) is 2.70. The predicted molar refractivity (Wildman–Crippen MR) is 108 cm³/mol. The van der Waals surface area contributed by atoms with E-state index in [0.29, 0.717) is 38.7 Å². The van der Waals surface area contributed by atoms with Gasteiger partial charge in [-0.3, -0.25) is 0 Å². The van der Waals surface area contributed by atoms with Gasteiger partial charge in [-0.25, -0.2) is 9.78 Å². The second-order valence-corrected chi connectivity index (χ2v) is 6.70. The molecule has 2 heterocycles. The Bertz CT molecular complexity index is 791. The number of rotatable bonds is 6. The molecule has 1 amide bonds. The first-order chi connectivity index (χ1) is 13.6. The van der Waals surface area contributed by atoms with Crippen LogP contribution in [0.1, 0.15) is 20.8 Å². The Morgan fingerprint density at radius 1 is 1.18 bits per heavy atom. The lowest BCUT2D eigenvalue weighted by Gasteiger charge is -2.34. The van der Waals surface area contributed by atoms with E-state index >= 15 is 0 Å². The summed E-state index contributed by atoms with van der Waals surface area (Å²) in [6.07, 6.45) is 1.55. The minimum atomic E-state index is -0.256. The van der Waals surface area contributed by atoms with Crippen LogP contribution in [-0.4, -0.2) is 59.9 Å². The van der Waals surface area contributed by atoms with Crippen molar-refractivity contribution in [2.24, 2.45) is 0 Å². The van der Waals surface area contributed by atoms with Crippen molar-refractivity contribution < 1.29 is 14.3 Å². The Hall–Kier alpha value is -3.03. The first kappa shape index (κ1) is 19.7. The highest BCUT2D eigenvalue weighted by molar-refractivity contribution is 5.68. The summed E-state index contributed by atoms with van der Waals surface area (Å²) in [5, 5.41) is 3.24. The van der Waals surface area contributed by atoms with Crippen molar-refractivity contribution in [2.75, 3.05) is 43.0 Å². The van der Waals surface area contributed by atoms with E-state index in [9.17, 15) is 4.79 Å². The van der Waals surface area contributed by atoms with Crippen molar-refractivity contribution in [2.45, 2.75) is 26.9 Å². The molecule has 1 saturated heterocycles. The lowest BCUT2D eigenvalue weighted by molar-refractivity contribution is 0.105. The summed E-state index contributed by atoms with van der Waals surface area (Å²) in [6, 6.07) is 9.60. The van der Waals surface area contributed by atoms with Gasteiger partial charge in [0, 0.05) is 32.4 Å². The number of carbonyl (C=O) groups is 1. The molecule has 3 rings (SSSR count). The highest BCUT2D eigenvalue weighted by Crippen LogP contribution is 2.27. The van der Waals surface area contributed by atoms with Gasteiger partial charge in [-0.05, 0) is 39.0 Å². The topological polar surface area (TPSA) is 79.8 Å². The number of amides is 1. The van der Waals surface area contributed by atoms with E-state index in [1.54, 1.807) is 11.1 Å². The molecule has 1 N–H and O–H groups in total. The van der Waals surface area contributed by atoms with Crippen molar-refractivity contribution in [3.05, 3.63) is 36.5 Å². The van der Waals surface area contributed by atoms with Crippen molar-refractivity contribution >= 4 is 23.5 Å². The maximum atomic E-state index is 11.8. The van der Waals surface area contributed by atoms with Crippen LogP contribution < -0.4 is 15.0 Å². The Balaban J connectivity index is 1.66. The lowest BCUT2D eigenvalue weighted by Crippen LogP contribution is -2.49. The average molecular weight is 385 g/mol. The third-order valence-corrected chi connectivity index (χ3v) is 4.27. The van der Waals surface area contributed by atoms with Gasteiger partial charge in [0.25, 0.3) is 0 Å². The van der Waals surface area contributed by atoms with E-state index in [1.165, 1.54) is 0 Å². The second-order valence-electron chi connectivity index (χ2n) is 6.70. The maximum absolute atomic E-state index is 11.8. The van der Waals surface area contributed by atoms with E-state index < -0.39 is 0 Å². The van der Waals surface area contributed by atoms with E-state index in [1.807, 2.05) is 51.1 Å². The number of nitrogens with one attached hydrogen (secondary N) is 1. The number of carbonyl (C=O) groups excluding carboxylic acids is 1. The van der Waals surface area contributed by atoms with Gasteiger partial charge in [-0.2, -0.15) is 4.98 Å². The molecule has 0 atom stereocenters. The number of hydrogen-bond donors (Lipinski definition) is 1. The minimum absolute atomic E-state index is 0.0749.